The summed E-state index contributed by atoms with van der Waals surface area (Å²) in [4.78, 5) is 20.0. The van der Waals surface area contributed by atoms with Crippen LogP contribution in [0.2, 0.25) is 0 Å². The smallest absolute Gasteiger partial charge is 0.243 e. The molecule has 1 aromatic heterocycles. The molecular formula is C27H36N4O3S. The fraction of sp³-hybridized carbons (Fsp3) is 0.481. The predicted molar refractivity (Wildman–Crippen MR) is 139 cm³/mol. The SMILES string of the molecule is CCCN(Cc1ccc(C)cc1)C(=O)CCc1nc2cc(S(=O)(=O)N3CCCCC3)ccc2n1C. The Morgan fingerprint density at radius 3 is 2.46 bits per heavy atom. The monoisotopic (exact) mass is 496 g/mol. The Balaban J connectivity index is 1.47. The van der Waals surface area contributed by atoms with Crippen molar-refractivity contribution in [1.29, 1.82) is 0 Å². The maximum Gasteiger partial charge on any atom is 0.243 e. The van der Waals surface area contributed by atoms with E-state index in [9.17, 15) is 13.2 Å². The molecule has 188 valence electrons. The van der Waals surface area contributed by atoms with Crippen LogP contribution in [0, 0.1) is 6.92 Å². The lowest BCUT2D eigenvalue weighted by atomic mass is 10.1. The summed E-state index contributed by atoms with van der Waals surface area (Å²) in [5, 5.41) is 0. The number of carbonyl (C=O) groups is 1. The van der Waals surface area contributed by atoms with E-state index in [1.54, 1.807) is 16.4 Å². The second-order valence-corrected chi connectivity index (χ2v) is 11.4. The van der Waals surface area contributed by atoms with Gasteiger partial charge in [0, 0.05) is 46.1 Å². The summed E-state index contributed by atoms with van der Waals surface area (Å²) in [5.74, 6) is 0.889. The van der Waals surface area contributed by atoms with E-state index in [1.807, 2.05) is 22.6 Å². The van der Waals surface area contributed by atoms with Gasteiger partial charge in [-0.15, -0.1) is 0 Å². The Hall–Kier alpha value is -2.71. The van der Waals surface area contributed by atoms with Crippen molar-refractivity contribution >= 4 is 27.0 Å². The molecule has 0 bridgehead atoms. The molecule has 7 nitrogen and oxygen atoms in total. The van der Waals surface area contributed by atoms with Crippen molar-refractivity contribution in [2.24, 2.45) is 7.05 Å². The number of aromatic nitrogens is 2. The number of nitrogens with zero attached hydrogens (tertiary/aromatic N) is 4. The highest BCUT2D eigenvalue weighted by molar-refractivity contribution is 7.89. The van der Waals surface area contributed by atoms with Crippen LogP contribution in [0.1, 0.15) is 56.0 Å². The minimum absolute atomic E-state index is 0.104. The van der Waals surface area contributed by atoms with Gasteiger partial charge in [-0.05, 0) is 49.9 Å². The minimum atomic E-state index is -3.51. The van der Waals surface area contributed by atoms with Gasteiger partial charge in [0.25, 0.3) is 0 Å². The van der Waals surface area contributed by atoms with Crippen LogP contribution in [0.3, 0.4) is 0 Å². The summed E-state index contributed by atoms with van der Waals surface area (Å²) in [5.41, 5.74) is 3.85. The molecule has 3 aromatic rings. The van der Waals surface area contributed by atoms with Crippen LogP contribution in [0.5, 0.6) is 0 Å². The van der Waals surface area contributed by atoms with Gasteiger partial charge < -0.3 is 9.47 Å². The molecular weight excluding hydrogens is 460 g/mol. The number of carbonyl (C=O) groups excluding carboxylic acids is 1. The second kappa shape index (κ2) is 10.9. The van der Waals surface area contributed by atoms with Gasteiger partial charge in [0.15, 0.2) is 0 Å². The molecule has 1 fully saturated rings. The first kappa shape index (κ1) is 25.4. The normalized spacial score (nSPS) is 14.9. The highest BCUT2D eigenvalue weighted by atomic mass is 32.2. The number of aryl methyl sites for hydroxylation is 3. The van der Waals surface area contributed by atoms with Gasteiger partial charge in [-0.2, -0.15) is 4.31 Å². The number of benzene rings is 2. The molecule has 4 rings (SSSR count). The maximum atomic E-state index is 13.1. The molecule has 1 aliphatic heterocycles. The number of hydrogen-bond donors (Lipinski definition) is 0. The Kier molecular flexibility index (Phi) is 7.91. The Morgan fingerprint density at radius 1 is 1.06 bits per heavy atom. The van der Waals surface area contributed by atoms with E-state index >= 15 is 0 Å². The quantitative estimate of drug-likeness (QED) is 0.439. The molecule has 0 unspecified atom stereocenters. The lowest BCUT2D eigenvalue weighted by Crippen LogP contribution is -2.35. The van der Waals surface area contributed by atoms with Crippen LogP contribution in [0.4, 0.5) is 0 Å². The first-order valence-corrected chi connectivity index (χ1v) is 14.0. The average molecular weight is 497 g/mol. The summed E-state index contributed by atoms with van der Waals surface area (Å²) in [7, 11) is -1.59. The van der Waals surface area contributed by atoms with E-state index in [4.69, 9.17) is 4.98 Å². The van der Waals surface area contributed by atoms with E-state index in [0.717, 1.165) is 42.6 Å². The van der Waals surface area contributed by atoms with Crippen molar-refractivity contribution in [3.8, 4) is 0 Å². The lowest BCUT2D eigenvalue weighted by molar-refractivity contribution is -0.131. The van der Waals surface area contributed by atoms with Crippen molar-refractivity contribution in [3.63, 3.8) is 0 Å². The summed E-state index contributed by atoms with van der Waals surface area (Å²) in [6, 6.07) is 13.5. The van der Waals surface area contributed by atoms with Crippen molar-refractivity contribution in [2.45, 2.75) is 63.8 Å². The third kappa shape index (κ3) is 5.76. The second-order valence-electron chi connectivity index (χ2n) is 9.50. The van der Waals surface area contributed by atoms with Gasteiger partial charge >= 0.3 is 0 Å². The van der Waals surface area contributed by atoms with Crippen molar-refractivity contribution in [3.05, 3.63) is 59.4 Å². The number of rotatable bonds is 9. The predicted octanol–water partition coefficient (Wildman–Crippen LogP) is 4.43. The third-order valence-corrected chi connectivity index (χ3v) is 8.70. The van der Waals surface area contributed by atoms with Gasteiger partial charge in [-0.25, -0.2) is 13.4 Å². The number of amides is 1. The standard InChI is InChI=1S/C27H36N4O3S/c1-4-16-30(20-22-10-8-21(2)9-11-22)27(32)15-14-26-28-24-19-23(12-13-25(24)29(26)3)35(33,34)31-17-6-5-7-18-31/h8-13,19H,4-7,14-18,20H2,1-3H3. The Labute approximate surface area is 208 Å². The molecule has 1 aliphatic rings. The number of imidazole rings is 1. The molecule has 0 spiro atoms. The zero-order valence-corrected chi connectivity index (χ0v) is 21.9. The molecule has 1 saturated heterocycles. The van der Waals surface area contributed by atoms with E-state index < -0.39 is 10.0 Å². The van der Waals surface area contributed by atoms with Crippen molar-refractivity contribution in [2.75, 3.05) is 19.6 Å². The summed E-state index contributed by atoms with van der Waals surface area (Å²) in [6.07, 6.45) is 4.66. The van der Waals surface area contributed by atoms with E-state index in [2.05, 4.69) is 38.1 Å². The number of piperidine rings is 1. The first-order valence-electron chi connectivity index (χ1n) is 12.6. The molecule has 1 amide bonds. The molecule has 0 atom stereocenters. The Morgan fingerprint density at radius 2 is 1.77 bits per heavy atom. The van der Waals surface area contributed by atoms with Gasteiger partial charge in [0.1, 0.15) is 5.82 Å². The largest absolute Gasteiger partial charge is 0.338 e. The fourth-order valence-corrected chi connectivity index (χ4v) is 6.26. The van der Waals surface area contributed by atoms with Crippen LogP contribution >= 0.6 is 0 Å². The molecule has 2 aromatic carbocycles. The van der Waals surface area contributed by atoms with Crippen LogP contribution in [0.25, 0.3) is 11.0 Å². The first-order chi connectivity index (χ1) is 16.8. The molecule has 0 N–H and O–H groups in total. The van der Waals surface area contributed by atoms with Crippen LogP contribution in [-0.2, 0) is 34.8 Å². The van der Waals surface area contributed by atoms with Gasteiger partial charge in [0.05, 0.1) is 15.9 Å². The number of sulfonamides is 1. The molecule has 35 heavy (non-hydrogen) atoms. The van der Waals surface area contributed by atoms with Crippen LogP contribution in [0.15, 0.2) is 47.4 Å². The highest BCUT2D eigenvalue weighted by Gasteiger charge is 2.26. The van der Waals surface area contributed by atoms with Gasteiger partial charge in [-0.1, -0.05) is 43.2 Å². The van der Waals surface area contributed by atoms with E-state index in [0.29, 0.717) is 49.4 Å². The number of fused-ring (bicyclic) bond motifs is 1. The minimum Gasteiger partial charge on any atom is -0.338 e. The van der Waals surface area contributed by atoms with E-state index in [1.165, 1.54) is 5.56 Å². The molecule has 8 heteroatoms. The van der Waals surface area contributed by atoms with Crippen molar-refractivity contribution < 1.29 is 13.2 Å². The molecule has 2 heterocycles. The van der Waals surface area contributed by atoms with Crippen LogP contribution in [-0.4, -0.2) is 52.7 Å². The zero-order valence-electron chi connectivity index (χ0n) is 21.0. The maximum absolute atomic E-state index is 13.1. The average Bonchev–Trinajstić information content (AvgIpc) is 3.18. The molecule has 0 aliphatic carbocycles. The summed E-state index contributed by atoms with van der Waals surface area (Å²) >= 11 is 0. The highest BCUT2D eigenvalue weighted by Crippen LogP contribution is 2.25. The number of hydrogen-bond acceptors (Lipinski definition) is 4. The molecule has 0 radical (unpaired) electrons. The van der Waals surface area contributed by atoms with Gasteiger partial charge in [0.2, 0.25) is 15.9 Å². The summed E-state index contributed by atoms with van der Waals surface area (Å²) < 4.78 is 29.7. The summed E-state index contributed by atoms with van der Waals surface area (Å²) in [6.45, 7) is 6.61. The van der Waals surface area contributed by atoms with Crippen LogP contribution < -0.4 is 0 Å². The fourth-order valence-electron chi connectivity index (χ4n) is 4.72. The van der Waals surface area contributed by atoms with Crippen molar-refractivity contribution in [1.82, 2.24) is 18.8 Å². The third-order valence-electron chi connectivity index (χ3n) is 6.80. The topological polar surface area (TPSA) is 75.5 Å². The lowest BCUT2D eigenvalue weighted by Gasteiger charge is -2.25. The zero-order chi connectivity index (χ0) is 25.0. The van der Waals surface area contributed by atoms with Gasteiger partial charge in [-0.3, -0.25) is 4.79 Å². The molecule has 0 saturated carbocycles. The van der Waals surface area contributed by atoms with E-state index in [-0.39, 0.29) is 5.91 Å². The Bertz CT molecular complexity index is 1280.